The van der Waals surface area contributed by atoms with Gasteiger partial charge in [0.2, 0.25) is 0 Å². The number of carbonyl (C=O) groups excluding carboxylic acids is 1. The molecule has 3 nitrogen and oxygen atoms in total. The van der Waals surface area contributed by atoms with Crippen molar-refractivity contribution in [2.45, 2.75) is 24.7 Å². The summed E-state index contributed by atoms with van der Waals surface area (Å²) in [4.78, 5) is 20.1. The van der Waals surface area contributed by atoms with Gasteiger partial charge in [-0.2, -0.15) is 0 Å². The van der Waals surface area contributed by atoms with E-state index >= 15 is 0 Å². The van der Waals surface area contributed by atoms with E-state index < -0.39 is 0 Å². The summed E-state index contributed by atoms with van der Waals surface area (Å²) in [5.41, 5.74) is 3.88. The average Bonchev–Trinajstić information content (AvgIpc) is 2.75. The molecule has 2 heterocycles. The molecular weight excluding hydrogens is 344 g/mol. The molecule has 1 atom stereocenters. The first kappa shape index (κ1) is 18.6. The molecule has 1 saturated heterocycles. The molecule has 0 bridgehead atoms. The molecule has 2 aromatic carbocycles. The van der Waals surface area contributed by atoms with Crippen LogP contribution < -0.4 is 0 Å². The van der Waals surface area contributed by atoms with Crippen LogP contribution in [0.3, 0.4) is 0 Å². The molecular formula is C25H26N2O. The Morgan fingerprint density at radius 3 is 2.57 bits per heavy atom. The smallest absolute Gasteiger partial charge is 0.164 e. The number of aromatic nitrogens is 1. The summed E-state index contributed by atoms with van der Waals surface area (Å²) < 4.78 is 0. The molecule has 3 heteroatoms. The molecule has 0 saturated carbocycles. The fraction of sp³-hybridized carbons (Fsp3) is 0.280. The van der Waals surface area contributed by atoms with E-state index in [-0.39, 0.29) is 11.2 Å². The number of hydrogen-bond acceptors (Lipinski definition) is 3. The highest BCUT2D eigenvalue weighted by atomic mass is 16.1. The van der Waals surface area contributed by atoms with E-state index in [1.165, 1.54) is 5.56 Å². The predicted octanol–water partition coefficient (Wildman–Crippen LogP) is 4.99. The second-order valence-electron chi connectivity index (χ2n) is 7.87. The Morgan fingerprint density at radius 2 is 1.82 bits per heavy atom. The lowest BCUT2D eigenvalue weighted by atomic mass is 9.70. The zero-order valence-electron chi connectivity index (χ0n) is 16.3. The van der Waals surface area contributed by atoms with Gasteiger partial charge in [-0.1, -0.05) is 60.7 Å². The first-order valence-corrected chi connectivity index (χ1v) is 9.95. The van der Waals surface area contributed by atoms with Crippen LogP contribution in [-0.4, -0.2) is 35.8 Å². The molecule has 1 fully saturated rings. The van der Waals surface area contributed by atoms with Crippen LogP contribution in [0.2, 0.25) is 0 Å². The monoisotopic (exact) mass is 370 g/mol. The van der Waals surface area contributed by atoms with Crippen LogP contribution >= 0.6 is 0 Å². The van der Waals surface area contributed by atoms with Gasteiger partial charge in [-0.15, -0.1) is 0 Å². The van der Waals surface area contributed by atoms with E-state index in [1.54, 1.807) is 6.20 Å². The third-order valence-corrected chi connectivity index (χ3v) is 5.85. The topological polar surface area (TPSA) is 33.2 Å². The van der Waals surface area contributed by atoms with Crippen molar-refractivity contribution in [2.24, 2.45) is 0 Å². The number of benzene rings is 2. The van der Waals surface area contributed by atoms with Crippen LogP contribution in [0.5, 0.6) is 0 Å². The first-order chi connectivity index (χ1) is 13.7. The standard InChI is InChI=1S/C25H26N2O/c1-27-16-8-14-25(19-27,21-10-3-2-4-11-21)17-24(28)23-13-6-5-12-22(23)20-9-7-15-26-18-20/h2-7,9-13,15,18H,8,14,16-17,19H2,1H3. The van der Waals surface area contributed by atoms with Crippen molar-refractivity contribution in [2.75, 3.05) is 20.1 Å². The third kappa shape index (κ3) is 3.76. The maximum Gasteiger partial charge on any atom is 0.164 e. The number of ketones is 1. The van der Waals surface area contributed by atoms with Gasteiger partial charge in [0.25, 0.3) is 0 Å². The van der Waals surface area contributed by atoms with Crippen LogP contribution in [0.25, 0.3) is 11.1 Å². The highest BCUT2D eigenvalue weighted by molar-refractivity contribution is 6.03. The third-order valence-electron chi connectivity index (χ3n) is 5.85. The van der Waals surface area contributed by atoms with Gasteiger partial charge in [-0.25, -0.2) is 0 Å². The van der Waals surface area contributed by atoms with Gasteiger partial charge in [0, 0.05) is 41.9 Å². The Morgan fingerprint density at radius 1 is 1.04 bits per heavy atom. The molecule has 0 spiro atoms. The lowest BCUT2D eigenvalue weighted by Gasteiger charge is -2.42. The SMILES string of the molecule is CN1CCCC(CC(=O)c2ccccc2-c2cccnc2)(c2ccccc2)C1. The molecule has 1 aromatic heterocycles. The quantitative estimate of drug-likeness (QED) is 0.594. The number of Topliss-reactive ketones (excluding diaryl/α,β-unsaturated/α-hetero) is 1. The van der Waals surface area contributed by atoms with E-state index in [2.05, 4.69) is 41.2 Å². The number of likely N-dealkylation sites (tertiary alicyclic amines) is 1. The maximum atomic E-state index is 13.6. The van der Waals surface area contributed by atoms with Crippen molar-refractivity contribution in [3.8, 4) is 11.1 Å². The average molecular weight is 370 g/mol. The summed E-state index contributed by atoms with van der Waals surface area (Å²) in [6.07, 6.45) is 6.27. The van der Waals surface area contributed by atoms with E-state index in [4.69, 9.17) is 0 Å². The normalized spacial score (nSPS) is 20.0. The minimum Gasteiger partial charge on any atom is -0.305 e. The first-order valence-electron chi connectivity index (χ1n) is 9.95. The Bertz CT molecular complexity index is 939. The molecule has 0 radical (unpaired) electrons. The summed E-state index contributed by atoms with van der Waals surface area (Å²) in [6, 6.07) is 22.4. The molecule has 1 aliphatic rings. The van der Waals surface area contributed by atoms with Crippen LogP contribution in [0.15, 0.2) is 79.1 Å². The number of carbonyl (C=O) groups is 1. The maximum absolute atomic E-state index is 13.6. The van der Waals surface area contributed by atoms with Crippen molar-refractivity contribution in [3.05, 3.63) is 90.3 Å². The highest BCUT2D eigenvalue weighted by Crippen LogP contribution is 2.38. The van der Waals surface area contributed by atoms with Crippen molar-refractivity contribution >= 4 is 5.78 Å². The van der Waals surface area contributed by atoms with Gasteiger partial charge < -0.3 is 4.90 Å². The molecule has 1 aliphatic heterocycles. The number of piperidine rings is 1. The summed E-state index contributed by atoms with van der Waals surface area (Å²) >= 11 is 0. The fourth-order valence-electron chi connectivity index (χ4n) is 4.54. The Kier molecular flexibility index (Phi) is 5.36. The van der Waals surface area contributed by atoms with Crippen LogP contribution in [0.4, 0.5) is 0 Å². The van der Waals surface area contributed by atoms with Crippen LogP contribution in [-0.2, 0) is 5.41 Å². The molecule has 3 aromatic rings. The van der Waals surface area contributed by atoms with E-state index in [0.717, 1.165) is 42.6 Å². The number of pyridine rings is 1. The zero-order valence-corrected chi connectivity index (χ0v) is 16.3. The lowest BCUT2D eigenvalue weighted by molar-refractivity contribution is 0.0894. The zero-order chi connectivity index (χ0) is 19.4. The lowest BCUT2D eigenvalue weighted by Crippen LogP contribution is -2.45. The van der Waals surface area contributed by atoms with Gasteiger partial charge in [-0.3, -0.25) is 9.78 Å². The van der Waals surface area contributed by atoms with Crippen LogP contribution in [0.1, 0.15) is 35.2 Å². The van der Waals surface area contributed by atoms with E-state index in [9.17, 15) is 4.79 Å². The van der Waals surface area contributed by atoms with Gasteiger partial charge in [0.1, 0.15) is 0 Å². The summed E-state index contributed by atoms with van der Waals surface area (Å²) in [5, 5.41) is 0. The Hall–Kier alpha value is -2.78. The van der Waals surface area contributed by atoms with Gasteiger partial charge >= 0.3 is 0 Å². The van der Waals surface area contributed by atoms with Crippen molar-refractivity contribution < 1.29 is 4.79 Å². The Labute approximate surface area is 167 Å². The van der Waals surface area contributed by atoms with E-state index in [1.807, 2.05) is 48.7 Å². The number of nitrogens with zero attached hydrogens (tertiary/aromatic N) is 2. The van der Waals surface area contributed by atoms with Crippen LogP contribution in [0, 0.1) is 0 Å². The molecule has 0 N–H and O–H groups in total. The predicted molar refractivity (Wildman–Crippen MR) is 113 cm³/mol. The summed E-state index contributed by atoms with van der Waals surface area (Å²) in [7, 11) is 2.16. The molecule has 0 amide bonds. The van der Waals surface area contributed by atoms with Gasteiger partial charge in [0.05, 0.1) is 0 Å². The molecule has 0 aliphatic carbocycles. The Balaban J connectivity index is 1.70. The molecule has 142 valence electrons. The minimum absolute atomic E-state index is 0.132. The summed E-state index contributed by atoms with van der Waals surface area (Å²) in [5.74, 6) is 0.207. The highest BCUT2D eigenvalue weighted by Gasteiger charge is 2.38. The fourth-order valence-corrected chi connectivity index (χ4v) is 4.54. The minimum atomic E-state index is -0.132. The summed E-state index contributed by atoms with van der Waals surface area (Å²) in [6.45, 7) is 2.01. The number of hydrogen-bond donors (Lipinski definition) is 0. The molecule has 4 rings (SSSR count). The largest absolute Gasteiger partial charge is 0.305 e. The van der Waals surface area contributed by atoms with Crippen molar-refractivity contribution in [1.82, 2.24) is 9.88 Å². The molecule has 28 heavy (non-hydrogen) atoms. The number of likely N-dealkylation sites (N-methyl/N-ethyl adjacent to an activating group) is 1. The second-order valence-corrected chi connectivity index (χ2v) is 7.87. The van der Waals surface area contributed by atoms with Gasteiger partial charge in [-0.05, 0) is 43.6 Å². The second kappa shape index (κ2) is 8.07. The number of rotatable bonds is 5. The van der Waals surface area contributed by atoms with Crippen molar-refractivity contribution in [1.29, 1.82) is 0 Å². The van der Waals surface area contributed by atoms with E-state index in [0.29, 0.717) is 6.42 Å². The molecule has 1 unspecified atom stereocenters. The van der Waals surface area contributed by atoms with Gasteiger partial charge in [0.15, 0.2) is 5.78 Å². The van der Waals surface area contributed by atoms with Crippen molar-refractivity contribution in [3.63, 3.8) is 0 Å².